The summed E-state index contributed by atoms with van der Waals surface area (Å²) >= 11 is 0. The summed E-state index contributed by atoms with van der Waals surface area (Å²) in [4.78, 5) is 11.0. The van der Waals surface area contributed by atoms with E-state index in [1.807, 2.05) is 31.5 Å². The molecule has 0 aromatic carbocycles. The number of hydrogen-bond acceptors (Lipinski definition) is 5. The van der Waals surface area contributed by atoms with E-state index in [1.54, 1.807) is 0 Å². The van der Waals surface area contributed by atoms with Gasteiger partial charge in [-0.1, -0.05) is 0 Å². The van der Waals surface area contributed by atoms with E-state index >= 15 is 0 Å². The van der Waals surface area contributed by atoms with Crippen LogP contribution in [-0.4, -0.2) is 38.0 Å². The van der Waals surface area contributed by atoms with Gasteiger partial charge in [0.25, 0.3) is 10.2 Å². The van der Waals surface area contributed by atoms with Crippen molar-refractivity contribution in [3.05, 3.63) is 30.2 Å². The standard InChI is InChI=1S/C14H19N5O2S/c1-10-6-13-12(7-17-10)14(3-4-16-13)19-8-11(9-19)2-5-18-22(15,20)21/h3-4,6-7,11,18H,2,5,8-9H2,1H3,(H2,15,20,21). The van der Waals surface area contributed by atoms with Crippen LogP contribution in [-0.2, 0) is 10.2 Å². The van der Waals surface area contributed by atoms with Crippen LogP contribution >= 0.6 is 0 Å². The molecule has 3 heterocycles. The maximum absolute atomic E-state index is 10.8. The van der Waals surface area contributed by atoms with Gasteiger partial charge in [-0.25, -0.2) is 9.86 Å². The normalized spacial score (nSPS) is 16.0. The number of fused-ring (bicyclic) bond motifs is 1. The highest BCUT2D eigenvalue weighted by molar-refractivity contribution is 7.87. The van der Waals surface area contributed by atoms with Crippen LogP contribution in [0.4, 0.5) is 5.69 Å². The van der Waals surface area contributed by atoms with E-state index in [1.165, 1.54) is 0 Å². The third-order valence-electron chi connectivity index (χ3n) is 3.89. The van der Waals surface area contributed by atoms with Gasteiger partial charge < -0.3 is 4.90 Å². The lowest BCUT2D eigenvalue weighted by molar-refractivity contribution is 0.385. The molecular formula is C14H19N5O2S. The van der Waals surface area contributed by atoms with Gasteiger partial charge in [0.1, 0.15) is 0 Å². The van der Waals surface area contributed by atoms with Crippen molar-refractivity contribution in [2.45, 2.75) is 13.3 Å². The third-order valence-corrected chi connectivity index (χ3v) is 4.50. The Morgan fingerprint density at radius 1 is 1.41 bits per heavy atom. The minimum atomic E-state index is -3.58. The molecule has 2 aromatic heterocycles. The Balaban J connectivity index is 1.63. The van der Waals surface area contributed by atoms with Crippen LogP contribution in [0.15, 0.2) is 24.5 Å². The maximum Gasteiger partial charge on any atom is 0.274 e. The van der Waals surface area contributed by atoms with Crippen LogP contribution in [0.25, 0.3) is 10.9 Å². The number of nitrogens with zero attached hydrogens (tertiary/aromatic N) is 3. The van der Waals surface area contributed by atoms with E-state index in [9.17, 15) is 8.42 Å². The van der Waals surface area contributed by atoms with Gasteiger partial charge in [0, 0.05) is 48.8 Å². The van der Waals surface area contributed by atoms with Crippen molar-refractivity contribution in [2.75, 3.05) is 24.5 Å². The Hall–Kier alpha value is -1.77. The van der Waals surface area contributed by atoms with Crippen molar-refractivity contribution in [1.82, 2.24) is 14.7 Å². The minimum absolute atomic E-state index is 0.384. The fraction of sp³-hybridized carbons (Fsp3) is 0.429. The Bertz CT molecular complexity index is 787. The number of hydrogen-bond donors (Lipinski definition) is 2. The molecule has 7 nitrogen and oxygen atoms in total. The van der Waals surface area contributed by atoms with E-state index in [-0.39, 0.29) is 0 Å². The van der Waals surface area contributed by atoms with Crippen molar-refractivity contribution in [3.63, 3.8) is 0 Å². The zero-order chi connectivity index (χ0) is 15.7. The molecule has 2 aromatic rings. The summed E-state index contributed by atoms with van der Waals surface area (Å²) in [5.41, 5.74) is 3.03. The van der Waals surface area contributed by atoms with Gasteiger partial charge >= 0.3 is 0 Å². The predicted octanol–water partition coefficient (Wildman–Crippen LogP) is 0.558. The molecule has 1 fully saturated rings. The molecule has 0 spiro atoms. The van der Waals surface area contributed by atoms with Crippen LogP contribution < -0.4 is 14.8 Å². The summed E-state index contributed by atoms with van der Waals surface area (Å²) in [6.07, 6.45) is 4.46. The molecule has 1 saturated heterocycles. The molecule has 1 aliphatic heterocycles. The van der Waals surface area contributed by atoms with Crippen molar-refractivity contribution in [1.29, 1.82) is 0 Å². The molecule has 22 heavy (non-hydrogen) atoms. The summed E-state index contributed by atoms with van der Waals surface area (Å²) in [5.74, 6) is 0.468. The third kappa shape index (κ3) is 3.34. The summed E-state index contributed by atoms with van der Waals surface area (Å²) in [6, 6.07) is 3.98. The average Bonchev–Trinajstić information content (AvgIpc) is 2.39. The fourth-order valence-corrected chi connectivity index (χ4v) is 3.16. The molecule has 0 atom stereocenters. The zero-order valence-electron chi connectivity index (χ0n) is 12.4. The number of pyridine rings is 2. The molecule has 3 rings (SSSR count). The molecule has 1 aliphatic rings. The first kappa shape index (κ1) is 15.1. The van der Waals surface area contributed by atoms with Crippen molar-refractivity contribution in [3.8, 4) is 0 Å². The molecule has 0 bridgehead atoms. The number of rotatable bonds is 5. The number of aryl methyl sites for hydroxylation is 1. The summed E-state index contributed by atoms with van der Waals surface area (Å²) in [5, 5.41) is 5.96. The molecule has 118 valence electrons. The van der Waals surface area contributed by atoms with Crippen molar-refractivity contribution >= 4 is 26.8 Å². The van der Waals surface area contributed by atoms with Crippen molar-refractivity contribution < 1.29 is 8.42 Å². The Morgan fingerprint density at radius 2 is 2.18 bits per heavy atom. The predicted molar refractivity (Wildman–Crippen MR) is 85.7 cm³/mol. The lowest BCUT2D eigenvalue weighted by Gasteiger charge is -2.41. The number of nitrogens with two attached hydrogens (primary N) is 1. The topological polar surface area (TPSA) is 101 Å². The molecule has 3 N–H and O–H groups in total. The van der Waals surface area contributed by atoms with Crippen LogP contribution in [0.3, 0.4) is 0 Å². The van der Waals surface area contributed by atoms with Gasteiger partial charge in [0.2, 0.25) is 0 Å². The Labute approximate surface area is 129 Å². The first-order valence-corrected chi connectivity index (χ1v) is 8.71. The van der Waals surface area contributed by atoms with Gasteiger partial charge in [0.05, 0.1) is 5.52 Å². The minimum Gasteiger partial charge on any atom is -0.370 e. The number of anilines is 1. The van der Waals surface area contributed by atoms with E-state index < -0.39 is 10.2 Å². The molecule has 0 saturated carbocycles. The smallest absolute Gasteiger partial charge is 0.274 e. The monoisotopic (exact) mass is 321 g/mol. The van der Waals surface area contributed by atoms with Crippen LogP contribution in [0, 0.1) is 12.8 Å². The van der Waals surface area contributed by atoms with Crippen LogP contribution in [0.5, 0.6) is 0 Å². The molecular weight excluding hydrogens is 302 g/mol. The first-order valence-electron chi connectivity index (χ1n) is 7.16. The highest BCUT2D eigenvalue weighted by Crippen LogP contribution is 2.31. The van der Waals surface area contributed by atoms with E-state index in [4.69, 9.17) is 5.14 Å². The average molecular weight is 321 g/mol. The largest absolute Gasteiger partial charge is 0.370 e. The van der Waals surface area contributed by atoms with Gasteiger partial charge in [-0.15, -0.1) is 0 Å². The van der Waals surface area contributed by atoms with E-state index in [0.717, 1.165) is 41.8 Å². The SMILES string of the molecule is Cc1cc2nccc(N3CC(CCNS(N)(=O)=O)C3)c2cn1. The Morgan fingerprint density at radius 3 is 2.91 bits per heavy atom. The second-order valence-electron chi connectivity index (χ2n) is 5.67. The summed E-state index contributed by atoms with van der Waals surface area (Å²) in [7, 11) is -3.58. The maximum atomic E-state index is 10.8. The van der Waals surface area contributed by atoms with Crippen LogP contribution in [0.2, 0.25) is 0 Å². The van der Waals surface area contributed by atoms with E-state index in [0.29, 0.717) is 12.5 Å². The van der Waals surface area contributed by atoms with Gasteiger partial charge in [-0.05, 0) is 31.4 Å². The van der Waals surface area contributed by atoms with Crippen molar-refractivity contribution in [2.24, 2.45) is 11.1 Å². The lowest BCUT2D eigenvalue weighted by atomic mass is 9.95. The Kier molecular flexibility index (Phi) is 3.98. The second-order valence-corrected chi connectivity index (χ2v) is 7.05. The molecule has 0 amide bonds. The molecule has 0 radical (unpaired) electrons. The van der Waals surface area contributed by atoms with Gasteiger partial charge in [0.15, 0.2) is 0 Å². The summed E-state index contributed by atoms with van der Waals surface area (Å²) in [6.45, 7) is 4.14. The lowest BCUT2D eigenvalue weighted by Crippen LogP contribution is -2.48. The first-order chi connectivity index (χ1) is 10.4. The van der Waals surface area contributed by atoms with E-state index in [2.05, 4.69) is 19.6 Å². The van der Waals surface area contributed by atoms with Gasteiger partial charge in [-0.2, -0.15) is 8.42 Å². The zero-order valence-corrected chi connectivity index (χ0v) is 13.2. The fourth-order valence-electron chi connectivity index (χ4n) is 2.76. The quantitative estimate of drug-likeness (QED) is 0.838. The highest BCUT2D eigenvalue weighted by Gasteiger charge is 2.27. The highest BCUT2D eigenvalue weighted by atomic mass is 32.2. The second kappa shape index (κ2) is 5.79. The molecule has 8 heteroatoms. The number of aromatic nitrogens is 2. The number of nitrogens with one attached hydrogen (secondary N) is 1. The molecule has 0 aliphatic carbocycles. The van der Waals surface area contributed by atoms with Crippen LogP contribution in [0.1, 0.15) is 12.1 Å². The van der Waals surface area contributed by atoms with Gasteiger partial charge in [-0.3, -0.25) is 9.97 Å². The summed E-state index contributed by atoms with van der Waals surface area (Å²) < 4.78 is 24.0. The molecule has 0 unspecified atom stereocenters.